The number of methoxy groups -OCH3 is 1. The number of furan rings is 1. The topological polar surface area (TPSA) is 78.5 Å². The van der Waals surface area contributed by atoms with Crippen molar-refractivity contribution >= 4 is 23.2 Å². The SMILES string of the molecule is COc1cc(NC(=O)c2ccc(Cn3nc(C)c(Cl)c3C)o2)ccc1OC(F)F. The Labute approximate surface area is 170 Å². The number of hydrogen-bond acceptors (Lipinski definition) is 5. The van der Waals surface area contributed by atoms with Gasteiger partial charge in [-0.15, -0.1) is 0 Å². The molecule has 2 heterocycles. The maximum Gasteiger partial charge on any atom is 0.387 e. The van der Waals surface area contributed by atoms with Crippen LogP contribution >= 0.6 is 11.6 Å². The number of anilines is 1. The van der Waals surface area contributed by atoms with Crippen LogP contribution in [0.5, 0.6) is 11.5 Å². The van der Waals surface area contributed by atoms with E-state index in [-0.39, 0.29) is 17.3 Å². The summed E-state index contributed by atoms with van der Waals surface area (Å²) in [4.78, 5) is 12.4. The van der Waals surface area contributed by atoms with E-state index in [4.69, 9.17) is 20.8 Å². The van der Waals surface area contributed by atoms with Crippen LogP contribution in [0.2, 0.25) is 5.02 Å². The van der Waals surface area contributed by atoms with Crippen molar-refractivity contribution in [3.63, 3.8) is 0 Å². The summed E-state index contributed by atoms with van der Waals surface area (Å²) in [5.41, 5.74) is 1.84. The monoisotopic (exact) mass is 425 g/mol. The molecule has 0 unspecified atom stereocenters. The van der Waals surface area contributed by atoms with Gasteiger partial charge >= 0.3 is 6.61 Å². The second-order valence-corrected chi connectivity index (χ2v) is 6.48. The molecular weight excluding hydrogens is 408 g/mol. The molecule has 0 aliphatic carbocycles. The fourth-order valence-electron chi connectivity index (χ4n) is 2.69. The third kappa shape index (κ3) is 4.68. The Balaban J connectivity index is 1.71. The first-order valence-corrected chi connectivity index (χ1v) is 8.88. The zero-order valence-electron chi connectivity index (χ0n) is 15.8. The number of carbonyl (C=O) groups is 1. The molecule has 2 aromatic heterocycles. The highest BCUT2D eigenvalue weighted by atomic mass is 35.5. The van der Waals surface area contributed by atoms with Crippen LogP contribution in [0, 0.1) is 13.8 Å². The average molecular weight is 426 g/mol. The smallest absolute Gasteiger partial charge is 0.387 e. The maximum atomic E-state index is 12.4. The molecular formula is C19H18ClF2N3O4. The number of amides is 1. The van der Waals surface area contributed by atoms with E-state index in [1.165, 1.54) is 31.4 Å². The molecule has 3 rings (SSSR count). The summed E-state index contributed by atoms with van der Waals surface area (Å²) in [5, 5.41) is 7.52. The van der Waals surface area contributed by atoms with Crippen molar-refractivity contribution in [3.8, 4) is 11.5 Å². The first-order valence-electron chi connectivity index (χ1n) is 8.51. The molecule has 0 spiro atoms. The van der Waals surface area contributed by atoms with Crippen LogP contribution in [0.25, 0.3) is 0 Å². The summed E-state index contributed by atoms with van der Waals surface area (Å²) in [6.45, 7) is 0.982. The van der Waals surface area contributed by atoms with Crippen LogP contribution in [0.1, 0.15) is 27.7 Å². The number of aryl methyl sites for hydroxylation is 1. The van der Waals surface area contributed by atoms with E-state index in [1.807, 2.05) is 6.92 Å². The van der Waals surface area contributed by atoms with Gasteiger partial charge in [-0.1, -0.05) is 11.6 Å². The number of halogens is 3. The van der Waals surface area contributed by atoms with Crippen molar-refractivity contribution in [1.82, 2.24) is 9.78 Å². The predicted molar refractivity (Wildman–Crippen MR) is 102 cm³/mol. The van der Waals surface area contributed by atoms with E-state index < -0.39 is 12.5 Å². The lowest BCUT2D eigenvalue weighted by Gasteiger charge is -2.11. The number of alkyl halides is 2. The Morgan fingerprint density at radius 2 is 2.03 bits per heavy atom. The minimum Gasteiger partial charge on any atom is -0.493 e. The van der Waals surface area contributed by atoms with Gasteiger partial charge in [-0.3, -0.25) is 9.48 Å². The predicted octanol–water partition coefficient (Wildman–Crippen LogP) is 4.66. The van der Waals surface area contributed by atoms with Crippen molar-refractivity contribution in [2.75, 3.05) is 12.4 Å². The third-order valence-electron chi connectivity index (χ3n) is 4.12. The molecule has 3 aromatic rings. The van der Waals surface area contributed by atoms with E-state index >= 15 is 0 Å². The molecule has 1 amide bonds. The van der Waals surface area contributed by atoms with E-state index in [0.717, 1.165) is 5.69 Å². The molecule has 10 heteroatoms. The fourth-order valence-corrected chi connectivity index (χ4v) is 2.83. The van der Waals surface area contributed by atoms with Gasteiger partial charge in [-0.2, -0.15) is 13.9 Å². The molecule has 0 fully saturated rings. The van der Waals surface area contributed by atoms with Crippen LogP contribution in [-0.4, -0.2) is 29.4 Å². The molecule has 154 valence electrons. The van der Waals surface area contributed by atoms with Gasteiger partial charge in [0.05, 0.1) is 30.1 Å². The van der Waals surface area contributed by atoms with E-state index in [9.17, 15) is 13.6 Å². The Kier molecular flexibility index (Phi) is 6.07. The van der Waals surface area contributed by atoms with Crippen molar-refractivity contribution in [2.45, 2.75) is 27.0 Å². The Bertz CT molecular complexity index is 1030. The molecule has 0 saturated carbocycles. The van der Waals surface area contributed by atoms with Crippen molar-refractivity contribution in [2.24, 2.45) is 0 Å². The zero-order chi connectivity index (χ0) is 21.1. The summed E-state index contributed by atoms with van der Waals surface area (Å²) >= 11 is 6.14. The van der Waals surface area contributed by atoms with Crippen LogP contribution in [0.3, 0.4) is 0 Å². The molecule has 0 saturated heterocycles. The number of benzene rings is 1. The van der Waals surface area contributed by atoms with Crippen LogP contribution in [0.4, 0.5) is 14.5 Å². The number of ether oxygens (including phenoxy) is 2. The lowest BCUT2D eigenvalue weighted by molar-refractivity contribution is -0.0512. The molecule has 7 nitrogen and oxygen atoms in total. The first kappa shape index (κ1) is 20.7. The van der Waals surface area contributed by atoms with E-state index in [0.29, 0.717) is 28.7 Å². The summed E-state index contributed by atoms with van der Waals surface area (Å²) in [6, 6.07) is 7.26. The van der Waals surface area contributed by atoms with Gasteiger partial charge in [-0.25, -0.2) is 0 Å². The number of rotatable bonds is 7. The lowest BCUT2D eigenvalue weighted by atomic mass is 10.2. The van der Waals surface area contributed by atoms with Crippen LogP contribution in [0.15, 0.2) is 34.7 Å². The van der Waals surface area contributed by atoms with Crippen LogP contribution < -0.4 is 14.8 Å². The molecule has 0 aliphatic rings. The molecule has 29 heavy (non-hydrogen) atoms. The number of hydrogen-bond donors (Lipinski definition) is 1. The van der Waals surface area contributed by atoms with Crippen molar-refractivity contribution in [3.05, 3.63) is 58.3 Å². The van der Waals surface area contributed by atoms with E-state index in [2.05, 4.69) is 15.2 Å². The second-order valence-electron chi connectivity index (χ2n) is 6.11. The van der Waals surface area contributed by atoms with Crippen LogP contribution in [-0.2, 0) is 6.54 Å². The van der Waals surface area contributed by atoms with Gasteiger partial charge < -0.3 is 19.2 Å². The minimum absolute atomic E-state index is 0.0599. The van der Waals surface area contributed by atoms with Gasteiger partial charge in [0.15, 0.2) is 17.3 Å². The molecule has 0 aliphatic heterocycles. The van der Waals surface area contributed by atoms with Crippen molar-refractivity contribution in [1.29, 1.82) is 0 Å². The van der Waals surface area contributed by atoms with E-state index in [1.54, 1.807) is 17.7 Å². The number of carbonyl (C=O) groups excluding carboxylic acids is 1. The summed E-state index contributed by atoms with van der Waals surface area (Å²) in [7, 11) is 1.31. The normalized spacial score (nSPS) is 11.0. The Morgan fingerprint density at radius 1 is 1.28 bits per heavy atom. The Hall–Kier alpha value is -3.07. The summed E-state index contributed by atoms with van der Waals surface area (Å²) in [6.07, 6.45) is 0. The number of aromatic nitrogens is 2. The second kappa shape index (κ2) is 8.52. The molecule has 0 atom stereocenters. The molecule has 1 aromatic carbocycles. The highest BCUT2D eigenvalue weighted by molar-refractivity contribution is 6.31. The fraction of sp³-hybridized carbons (Fsp3) is 0.263. The lowest BCUT2D eigenvalue weighted by Crippen LogP contribution is -2.11. The average Bonchev–Trinajstić information content (AvgIpc) is 3.24. The van der Waals surface area contributed by atoms with Gasteiger partial charge in [0, 0.05) is 11.8 Å². The third-order valence-corrected chi connectivity index (χ3v) is 4.67. The van der Waals surface area contributed by atoms with Crippen molar-refractivity contribution < 1.29 is 27.5 Å². The summed E-state index contributed by atoms with van der Waals surface area (Å²) in [5.74, 6) is 0.0244. The summed E-state index contributed by atoms with van der Waals surface area (Å²) < 4.78 is 41.4. The van der Waals surface area contributed by atoms with Gasteiger partial charge in [-0.05, 0) is 38.1 Å². The first-order chi connectivity index (χ1) is 13.8. The maximum absolute atomic E-state index is 12.4. The largest absolute Gasteiger partial charge is 0.493 e. The highest BCUT2D eigenvalue weighted by Gasteiger charge is 2.16. The zero-order valence-corrected chi connectivity index (χ0v) is 16.6. The highest BCUT2D eigenvalue weighted by Crippen LogP contribution is 2.31. The van der Waals surface area contributed by atoms with Gasteiger partial charge in [0.25, 0.3) is 5.91 Å². The van der Waals surface area contributed by atoms with Gasteiger partial charge in [0.2, 0.25) is 0 Å². The standard InChI is InChI=1S/C19H18ClF2N3O4/c1-10-17(20)11(2)25(24-10)9-13-5-7-15(28-13)18(26)23-12-4-6-14(29-19(21)22)16(8-12)27-3/h4-8,19H,9H2,1-3H3,(H,23,26). The minimum atomic E-state index is -2.98. The quantitative estimate of drug-likeness (QED) is 0.595. The number of nitrogens with zero attached hydrogens (tertiary/aromatic N) is 2. The molecule has 0 radical (unpaired) electrons. The Morgan fingerprint density at radius 3 is 2.66 bits per heavy atom. The molecule has 0 bridgehead atoms. The van der Waals surface area contributed by atoms with Gasteiger partial charge in [0.1, 0.15) is 5.76 Å². The molecule has 1 N–H and O–H groups in total. The number of nitrogens with one attached hydrogen (secondary N) is 1.